The fraction of sp³-hybridized carbons (Fsp3) is 0.250. The Balaban J connectivity index is 2.50. The van der Waals surface area contributed by atoms with Gasteiger partial charge in [0.1, 0.15) is 0 Å². The number of hydrogen-bond acceptors (Lipinski definition) is 5. The number of nitro groups is 1. The predicted octanol–water partition coefficient (Wildman–Crippen LogP) is 1.28. The van der Waals surface area contributed by atoms with Crippen molar-refractivity contribution in [2.24, 2.45) is 0 Å². The van der Waals surface area contributed by atoms with Gasteiger partial charge in [0.25, 0.3) is 5.69 Å². The van der Waals surface area contributed by atoms with Crippen molar-refractivity contribution in [1.82, 2.24) is 9.88 Å². The first-order valence-corrected chi connectivity index (χ1v) is 5.62. The maximum atomic E-state index is 11.7. The fourth-order valence-electron chi connectivity index (χ4n) is 1.84. The van der Waals surface area contributed by atoms with Crippen LogP contribution in [0.2, 0.25) is 0 Å². The SMILES string of the molecule is C=C(CNC)Cn1c(=O)oc2ccc([N+](=O)[O-])cc21. The number of likely N-dealkylation sites (N-methyl/N-ethyl adjacent to an activating group) is 1. The van der Waals surface area contributed by atoms with E-state index in [1.54, 1.807) is 7.05 Å². The molecular weight excluding hydrogens is 250 g/mol. The number of rotatable bonds is 5. The van der Waals surface area contributed by atoms with E-state index < -0.39 is 10.7 Å². The lowest BCUT2D eigenvalue weighted by molar-refractivity contribution is -0.384. The number of nitrogens with one attached hydrogen (secondary N) is 1. The van der Waals surface area contributed by atoms with Crippen LogP contribution in [0.5, 0.6) is 0 Å². The third-order valence-corrected chi connectivity index (χ3v) is 2.67. The number of aromatic nitrogens is 1. The molecule has 0 fully saturated rings. The number of non-ortho nitro benzene ring substituents is 1. The monoisotopic (exact) mass is 263 g/mol. The van der Waals surface area contributed by atoms with Crippen molar-refractivity contribution in [3.63, 3.8) is 0 Å². The summed E-state index contributed by atoms with van der Waals surface area (Å²) < 4.78 is 6.37. The van der Waals surface area contributed by atoms with Crippen molar-refractivity contribution in [2.75, 3.05) is 13.6 Å². The standard InChI is InChI=1S/C12H13N3O4/c1-8(6-13-2)7-14-10-5-9(15(17)18)3-4-11(10)19-12(14)16/h3-5,13H,1,6-7H2,2H3. The second kappa shape index (κ2) is 5.07. The Labute approximate surface area is 108 Å². The van der Waals surface area contributed by atoms with Gasteiger partial charge in [-0.15, -0.1) is 0 Å². The number of nitro benzene ring substituents is 1. The Morgan fingerprint density at radius 1 is 1.58 bits per heavy atom. The average Bonchev–Trinajstić information content (AvgIpc) is 2.65. The molecule has 0 unspecified atom stereocenters. The highest BCUT2D eigenvalue weighted by molar-refractivity contribution is 5.76. The zero-order chi connectivity index (χ0) is 14.0. The molecule has 1 N–H and O–H groups in total. The number of oxazole rings is 1. The Bertz CT molecular complexity index is 699. The first kappa shape index (κ1) is 13.0. The molecule has 19 heavy (non-hydrogen) atoms. The first-order valence-electron chi connectivity index (χ1n) is 5.62. The summed E-state index contributed by atoms with van der Waals surface area (Å²) in [4.78, 5) is 22.0. The minimum Gasteiger partial charge on any atom is -0.408 e. The van der Waals surface area contributed by atoms with Crippen molar-refractivity contribution >= 4 is 16.8 Å². The molecule has 1 aromatic heterocycles. The summed E-state index contributed by atoms with van der Waals surface area (Å²) in [7, 11) is 1.77. The summed E-state index contributed by atoms with van der Waals surface area (Å²) in [6, 6.07) is 4.05. The second-order valence-corrected chi connectivity index (χ2v) is 4.14. The second-order valence-electron chi connectivity index (χ2n) is 4.14. The molecule has 0 aliphatic carbocycles. The molecule has 0 atom stereocenters. The molecule has 2 rings (SSSR count). The lowest BCUT2D eigenvalue weighted by Crippen LogP contribution is -2.19. The van der Waals surface area contributed by atoms with Crippen LogP contribution in [-0.2, 0) is 6.54 Å². The van der Waals surface area contributed by atoms with E-state index in [0.29, 0.717) is 17.6 Å². The molecule has 0 aliphatic heterocycles. The van der Waals surface area contributed by atoms with Gasteiger partial charge in [0.15, 0.2) is 5.58 Å². The third-order valence-electron chi connectivity index (χ3n) is 2.67. The summed E-state index contributed by atoms with van der Waals surface area (Å²) in [6.07, 6.45) is 0. The van der Waals surface area contributed by atoms with Gasteiger partial charge in [-0.1, -0.05) is 6.58 Å². The molecule has 7 heteroatoms. The molecule has 0 amide bonds. The van der Waals surface area contributed by atoms with Crippen molar-refractivity contribution < 1.29 is 9.34 Å². The summed E-state index contributed by atoms with van der Waals surface area (Å²) in [6.45, 7) is 4.63. The van der Waals surface area contributed by atoms with Crippen LogP contribution in [0.3, 0.4) is 0 Å². The van der Waals surface area contributed by atoms with E-state index in [-0.39, 0.29) is 12.2 Å². The summed E-state index contributed by atoms with van der Waals surface area (Å²) in [5, 5.41) is 13.7. The maximum absolute atomic E-state index is 11.7. The number of fused-ring (bicyclic) bond motifs is 1. The van der Waals surface area contributed by atoms with E-state index in [9.17, 15) is 14.9 Å². The molecule has 0 radical (unpaired) electrons. The van der Waals surface area contributed by atoms with Gasteiger partial charge in [-0.25, -0.2) is 4.79 Å². The van der Waals surface area contributed by atoms with Crippen molar-refractivity contribution in [3.05, 3.63) is 51.0 Å². The van der Waals surface area contributed by atoms with Gasteiger partial charge >= 0.3 is 5.76 Å². The highest BCUT2D eigenvalue weighted by Crippen LogP contribution is 2.20. The number of nitrogens with zero attached hydrogens (tertiary/aromatic N) is 2. The van der Waals surface area contributed by atoms with Crippen molar-refractivity contribution in [3.8, 4) is 0 Å². The fourth-order valence-corrected chi connectivity index (χ4v) is 1.84. The zero-order valence-corrected chi connectivity index (χ0v) is 10.4. The van der Waals surface area contributed by atoms with Crippen LogP contribution < -0.4 is 11.1 Å². The minimum atomic E-state index is -0.548. The van der Waals surface area contributed by atoms with E-state index in [1.807, 2.05) is 0 Å². The topological polar surface area (TPSA) is 90.3 Å². The maximum Gasteiger partial charge on any atom is 0.420 e. The van der Waals surface area contributed by atoms with Crippen LogP contribution in [0.15, 0.2) is 39.6 Å². The van der Waals surface area contributed by atoms with E-state index in [2.05, 4.69) is 11.9 Å². The van der Waals surface area contributed by atoms with Gasteiger partial charge in [-0.05, 0) is 18.7 Å². The molecule has 0 aliphatic rings. The number of hydrogen-bond donors (Lipinski definition) is 1. The molecule has 1 heterocycles. The third kappa shape index (κ3) is 2.55. The van der Waals surface area contributed by atoms with Crippen molar-refractivity contribution in [2.45, 2.75) is 6.54 Å². The van der Waals surface area contributed by atoms with Crippen LogP contribution in [-0.4, -0.2) is 23.1 Å². The van der Waals surface area contributed by atoms with Crippen LogP contribution in [0, 0.1) is 10.1 Å². The zero-order valence-electron chi connectivity index (χ0n) is 10.4. The van der Waals surface area contributed by atoms with E-state index in [0.717, 1.165) is 5.57 Å². The molecule has 7 nitrogen and oxygen atoms in total. The molecule has 100 valence electrons. The molecule has 0 saturated carbocycles. The Kier molecular flexibility index (Phi) is 3.48. The summed E-state index contributed by atoms with van der Waals surface area (Å²) in [5.74, 6) is -0.548. The highest BCUT2D eigenvalue weighted by atomic mass is 16.6. The van der Waals surface area contributed by atoms with Crippen LogP contribution >= 0.6 is 0 Å². The van der Waals surface area contributed by atoms with Crippen LogP contribution in [0.25, 0.3) is 11.1 Å². The van der Waals surface area contributed by atoms with E-state index in [1.165, 1.54) is 22.8 Å². The summed E-state index contributed by atoms with van der Waals surface area (Å²) >= 11 is 0. The highest BCUT2D eigenvalue weighted by Gasteiger charge is 2.14. The average molecular weight is 263 g/mol. The minimum absolute atomic E-state index is 0.0821. The Morgan fingerprint density at radius 2 is 2.32 bits per heavy atom. The smallest absolute Gasteiger partial charge is 0.408 e. The van der Waals surface area contributed by atoms with Crippen LogP contribution in [0.4, 0.5) is 5.69 Å². The number of benzene rings is 1. The van der Waals surface area contributed by atoms with Crippen molar-refractivity contribution in [1.29, 1.82) is 0 Å². The quantitative estimate of drug-likeness (QED) is 0.498. The van der Waals surface area contributed by atoms with Crippen LogP contribution in [0.1, 0.15) is 0 Å². The van der Waals surface area contributed by atoms with Gasteiger partial charge in [0.05, 0.1) is 17.0 Å². The molecule has 0 bridgehead atoms. The van der Waals surface area contributed by atoms with Gasteiger partial charge in [-0.3, -0.25) is 14.7 Å². The molecule has 2 aromatic rings. The Morgan fingerprint density at radius 3 is 2.95 bits per heavy atom. The lowest BCUT2D eigenvalue weighted by Gasteiger charge is -2.05. The summed E-state index contributed by atoms with van der Waals surface area (Å²) in [5.41, 5.74) is 1.42. The Hall–Kier alpha value is -2.41. The van der Waals surface area contributed by atoms with Gasteiger partial charge in [-0.2, -0.15) is 0 Å². The molecule has 1 aromatic carbocycles. The molecule has 0 saturated heterocycles. The van der Waals surface area contributed by atoms with E-state index in [4.69, 9.17) is 4.42 Å². The molecular formula is C12H13N3O4. The van der Waals surface area contributed by atoms with Gasteiger partial charge in [0.2, 0.25) is 0 Å². The predicted molar refractivity (Wildman–Crippen MR) is 70.2 cm³/mol. The first-order chi connectivity index (χ1) is 9.02. The lowest BCUT2D eigenvalue weighted by atomic mass is 10.2. The largest absolute Gasteiger partial charge is 0.420 e. The van der Waals surface area contributed by atoms with Gasteiger partial charge < -0.3 is 9.73 Å². The normalized spacial score (nSPS) is 10.8. The van der Waals surface area contributed by atoms with Gasteiger partial charge in [0, 0.05) is 18.7 Å². The molecule has 0 spiro atoms. The van der Waals surface area contributed by atoms with E-state index >= 15 is 0 Å².